The number of benzene rings is 1. The summed E-state index contributed by atoms with van der Waals surface area (Å²) in [6.07, 6.45) is 5.82. The van der Waals surface area contributed by atoms with E-state index in [1.807, 2.05) is 0 Å². The standard InChI is InChI=1S/C16H25FN2O/c1-3-11-7-9-12(10-8-11)16(19-18)15-13(17)5-4-6-14(15)20-2/h4-6,11-12,16,19H,3,7-10,18H2,1-2H3. The van der Waals surface area contributed by atoms with Gasteiger partial charge >= 0.3 is 0 Å². The molecule has 4 heteroatoms. The molecule has 2 rings (SSSR count). The monoisotopic (exact) mass is 280 g/mol. The van der Waals surface area contributed by atoms with Gasteiger partial charge in [0.25, 0.3) is 0 Å². The molecule has 0 saturated heterocycles. The lowest BCUT2D eigenvalue weighted by Crippen LogP contribution is -2.36. The van der Waals surface area contributed by atoms with Crippen LogP contribution >= 0.6 is 0 Å². The topological polar surface area (TPSA) is 47.3 Å². The number of hydrogen-bond donors (Lipinski definition) is 2. The largest absolute Gasteiger partial charge is 0.496 e. The molecule has 0 heterocycles. The van der Waals surface area contributed by atoms with Gasteiger partial charge < -0.3 is 4.74 Å². The number of nitrogens with two attached hydrogens (primary N) is 1. The molecule has 20 heavy (non-hydrogen) atoms. The Hall–Kier alpha value is -1.13. The molecule has 1 fully saturated rings. The molecule has 0 amide bonds. The zero-order chi connectivity index (χ0) is 14.5. The fourth-order valence-electron chi connectivity index (χ4n) is 3.38. The highest BCUT2D eigenvalue weighted by atomic mass is 19.1. The number of nitrogens with one attached hydrogen (secondary N) is 1. The number of hydrazine groups is 1. The van der Waals surface area contributed by atoms with Gasteiger partial charge in [-0.2, -0.15) is 0 Å². The summed E-state index contributed by atoms with van der Waals surface area (Å²) in [5, 5.41) is 0. The van der Waals surface area contributed by atoms with Crippen molar-refractivity contribution < 1.29 is 9.13 Å². The first-order valence-electron chi connectivity index (χ1n) is 7.49. The fourth-order valence-corrected chi connectivity index (χ4v) is 3.38. The molecule has 0 radical (unpaired) electrons. The van der Waals surface area contributed by atoms with Gasteiger partial charge in [-0.05, 0) is 36.8 Å². The Bertz CT molecular complexity index is 430. The minimum atomic E-state index is -0.245. The summed E-state index contributed by atoms with van der Waals surface area (Å²) in [5.41, 5.74) is 3.38. The Balaban J connectivity index is 2.21. The third kappa shape index (κ3) is 3.13. The van der Waals surface area contributed by atoms with Crippen LogP contribution in [0.15, 0.2) is 18.2 Å². The average molecular weight is 280 g/mol. The van der Waals surface area contributed by atoms with Crippen molar-refractivity contribution in [3.05, 3.63) is 29.6 Å². The second-order valence-corrected chi connectivity index (χ2v) is 5.69. The van der Waals surface area contributed by atoms with Crippen LogP contribution in [0.3, 0.4) is 0 Å². The Morgan fingerprint density at radius 3 is 2.60 bits per heavy atom. The van der Waals surface area contributed by atoms with Crippen molar-refractivity contribution in [3.63, 3.8) is 0 Å². The lowest BCUT2D eigenvalue weighted by Gasteiger charge is -2.34. The maximum absolute atomic E-state index is 14.2. The van der Waals surface area contributed by atoms with E-state index in [2.05, 4.69) is 12.3 Å². The molecular weight excluding hydrogens is 255 g/mol. The van der Waals surface area contributed by atoms with Crippen LogP contribution in [-0.2, 0) is 0 Å². The SMILES string of the molecule is CCC1CCC(C(NN)c2c(F)cccc2OC)CC1. The highest BCUT2D eigenvalue weighted by Crippen LogP contribution is 2.40. The summed E-state index contributed by atoms with van der Waals surface area (Å²) in [5.74, 6) is 7.23. The van der Waals surface area contributed by atoms with Crippen molar-refractivity contribution in [1.82, 2.24) is 5.43 Å². The van der Waals surface area contributed by atoms with E-state index in [0.29, 0.717) is 17.2 Å². The molecular formula is C16H25FN2O. The smallest absolute Gasteiger partial charge is 0.131 e. The van der Waals surface area contributed by atoms with Gasteiger partial charge in [-0.3, -0.25) is 11.3 Å². The summed E-state index contributed by atoms with van der Waals surface area (Å²) < 4.78 is 19.5. The summed E-state index contributed by atoms with van der Waals surface area (Å²) in [7, 11) is 1.57. The Labute approximate surface area is 120 Å². The lowest BCUT2D eigenvalue weighted by atomic mass is 9.76. The molecule has 0 spiro atoms. The first-order valence-corrected chi connectivity index (χ1v) is 7.49. The van der Waals surface area contributed by atoms with Crippen molar-refractivity contribution >= 4 is 0 Å². The molecule has 1 aromatic carbocycles. The van der Waals surface area contributed by atoms with E-state index in [1.165, 1.54) is 25.3 Å². The molecule has 0 aliphatic heterocycles. The summed E-state index contributed by atoms with van der Waals surface area (Å²) in [6.45, 7) is 2.24. The van der Waals surface area contributed by atoms with Crippen LogP contribution in [0.25, 0.3) is 0 Å². The van der Waals surface area contributed by atoms with Gasteiger partial charge in [0, 0.05) is 5.56 Å². The molecule has 1 aliphatic rings. The van der Waals surface area contributed by atoms with Crippen LogP contribution in [0.1, 0.15) is 50.6 Å². The number of ether oxygens (including phenoxy) is 1. The van der Waals surface area contributed by atoms with Crippen LogP contribution in [0.4, 0.5) is 4.39 Å². The Kier molecular flexibility index (Phi) is 5.38. The summed E-state index contributed by atoms with van der Waals surface area (Å²) in [6, 6.07) is 4.75. The molecule has 112 valence electrons. The van der Waals surface area contributed by atoms with Crippen molar-refractivity contribution in [2.24, 2.45) is 17.7 Å². The molecule has 1 saturated carbocycles. The van der Waals surface area contributed by atoms with Gasteiger partial charge in [-0.25, -0.2) is 4.39 Å². The van der Waals surface area contributed by atoms with Gasteiger partial charge in [0.2, 0.25) is 0 Å². The molecule has 1 aliphatic carbocycles. The Morgan fingerprint density at radius 2 is 2.05 bits per heavy atom. The second-order valence-electron chi connectivity index (χ2n) is 5.69. The predicted molar refractivity (Wildman–Crippen MR) is 78.8 cm³/mol. The number of hydrogen-bond acceptors (Lipinski definition) is 3. The minimum Gasteiger partial charge on any atom is -0.496 e. The number of methoxy groups -OCH3 is 1. The third-order valence-electron chi connectivity index (χ3n) is 4.66. The van der Waals surface area contributed by atoms with Gasteiger partial charge in [0.15, 0.2) is 0 Å². The molecule has 1 atom stereocenters. The van der Waals surface area contributed by atoms with Gasteiger partial charge in [-0.1, -0.05) is 32.3 Å². The van der Waals surface area contributed by atoms with E-state index in [0.717, 1.165) is 18.8 Å². The number of halogens is 1. The molecule has 0 bridgehead atoms. The van der Waals surface area contributed by atoms with Crippen LogP contribution in [0, 0.1) is 17.7 Å². The first kappa shape index (κ1) is 15.3. The van der Waals surface area contributed by atoms with Crippen LogP contribution in [0.5, 0.6) is 5.75 Å². The first-order chi connectivity index (χ1) is 9.71. The van der Waals surface area contributed by atoms with Crippen LogP contribution in [0.2, 0.25) is 0 Å². The zero-order valence-corrected chi connectivity index (χ0v) is 12.4. The third-order valence-corrected chi connectivity index (χ3v) is 4.66. The van der Waals surface area contributed by atoms with Crippen molar-refractivity contribution in [1.29, 1.82) is 0 Å². The van der Waals surface area contributed by atoms with E-state index in [1.54, 1.807) is 19.2 Å². The molecule has 1 unspecified atom stereocenters. The van der Waals surface area contributed by atoms with E-state index in [-0.39, 0.29) is 11.9 Å². The summed E-state index contributed by atoms with van der Waals surface area (Å²) in [4.78, 5) is 0. The van der Waals surface area contributed by atoms with Crippen molar-refractivity contribution in [2.75, 3.05) is 7.11 Å². The highest BCUT2D eigenvalue weighted by Gasteiger charge is 2.30. The second kappa shape index (κ2) is 7.04. The van der Waals surface area contributed by atoms with Crippen LogP contribution < -0.4 is 16.0 Å². The molecule has 0 aromatic heterocycles. The number of rotatable bonds is 5. The molecule has 1 aromatic rings. The van der Waals surface area contributed by atoms with Crippen molar-refractivity contribution in [2.45, 2.75) is 45.1 Å². The fraction of sp³-hybridized carbons (Fsp3) is 0.625. The van der Waals surface area contributed by atoms with Gasteiger partial charge in [0.1, 0.15) is 11.6 Å². The maximum atomic E-state index is 14.2. The molecule has 3 N–H and O–H groups in total. The van der Waals surface area contributed by atoms with Gasteiger partial charge in [-0.15, -0.1) is 0 Å². The lowest BCUT2D eigenvalue weighted by molar-refractivity contribution is 0.213. The molecule has 3 nitrogen and oxygen atoms in total. The Morgan fingerprint density at radius 1 is 1.35 bits per heavy atom. The van der Waals surface area contributed by atoms with Crippen LogP contribution in [-0.4, -0.2) is 7.11 Å². The quantitative estimate of drug-likeness (QED) is 0.640. The predicted octanol–water partition coefficient (Wildman–Crippen LogP) is 3.56. The average Bonchev–Trinajstić information content (AvgIpc) is 2.50. The van der Waals surface area contributed by atoms with Gasteiger partial charge in [0.05, 0.1) is 13.2 Å². The van der Waals surface area contributed by atoms with E-state index >= 15 is 0 Å². The highest BCUT2D eigenvalue weighted by molar-refractivity contribution is 5.37. The summed E-state index contributed by atoms with van der Waals surface area (Å²) >= 11 is 0. The normalized spacial score (nSPS) is 24.4. The van der Waals surface area contributed by atoms with E-state index in [4.69, 9.17) is 10.6 Å². The maximum Gasteiger partial charge on any atom is 0.131 e. The van der Waals surface area contributed by atoms with Crippen molar-refractivity contribution in [3.8, 4) is 5.75 Å². The zero-order valence-electron chi connectivity index (χ0n) is 12.4. The minimum absolute atomic E-state index is 0.177. The van der Waals surface area contributed by atoms with E-state index in [9.17, 15) is 4.39 Å². The van der Waals surface area contributed by atoms with E-state index < -0.39 is 0 Å².